The molecule has 2 atom stereocenters. The molecule has 5 heteroatoms. The van der Waals surface area contributed by atoms with Gasteiger partial charge < -0.3 is 10.5 Å². The van der Waals surface area contributed by atoms with Crippen molar-refractivity contribution in [3.63, 3.8) is 0 Å². The molecule has 1 saturated carbocycles. The van der Waals surface area contributed by atoms with Crippen LogP contribution in [0.15, 0.2) is 18.2 Å². The average molecular weight is 308 g/mol. The van der Waals surface area contributed by atoms with Gasteiger partial charge in [0.05, 0.1) is 0 Å². The number of halogens is 1. The summed E-state index contributed by atoms with van der Waals surface area (Å²) in [5.74, 6) is 0.0837. The highest BCUT2D eigenvalue weighted by atomic mass is 19.1. The second-order valence-corrected chi connectivity index (χ2v) is 7.50. The molecule has 0 spiro atoms. The molecule has 1 amide bonds. The van der Waals surface area contributed by atoms with E-state index in [1.807, 2.05) is 0 Å². The molecule has 122 valence electrons. The van der Waals surface area contributed by atoms with Crippen LogP contribution in [0, 0.1) is 17.2 Å². The fraction of sp³-hybridized carbons (Fsp3) is 0.588. The second-order valence-electron chi connectivity index (χ2n) is 7.50. The van der Waals surface area contributed by atoms with Crippen molar-refractivity contribution < 1.29 is 13.9 Å². The van der Waals surface area contributed by atoms with Gasteiger partial charge in [-0.05, 0) is 68.3 Å². The zero-order valence-corrected chi connectivity index (χ0v) is 13.9. The lowest BCUT2D eigenvalue weighted by Gasteiger charge is -2.20. The summed E-state index contributed by atoms with van der Waals surface area (Å²) >= 11 is 0. The Hall–Kier alpha value is -1.62. The van der Waals surface area contributed by atoms with Gasteiger partial charge in [-0.3, -0.25) is 5.32 Å². The van der Waals surface area contributed by atoms with E-state index in [4.69, 9.17) is 10.5 Å². The molecule has 0 saturated heterocycles. The summed E-state index contributed by atoms with van der Waals surface area (Å²) in [5, 5.41) is 2.65. The molecule has 0 bridgehead atoms. The number of nitrogens with two attached hydrogens (primary N) is 1. The SMILES string of the molecule is CC(C)(C)OC(=O)Nc1ccc(F)c([C@H]2[C@H](CN)C2(C)C)c1. The van der Waals surface area contributed by atoms with E-state index < -0.39 is 11.7 Å². The quantitative estimate of drug-likeness (QED) is 0.891. The van der Waals surface area contributed by atoms with Crippen LogP contribution in [0.25, 0.3) is 0 Å². The van der Waals surface area contributed by atoms with Crippen LogP contribution in [0.5, 0.6) is 0 Å². The zero-order chi connectivity index (χ0) is 16.7. The monoisotopic (exact) mass is 308 g/mol. The van der Waals surface area contributed by atoms with Gasteiger partial charge in [-0.15, -0.1) is 0 Å². The molecule has 1 aromatic carbocycles. The van der Waals surface area contributed by atoms with Crippen LogP contribution in [0.3, 0.4) is 0 Å². The number of carbonyl (C=O) groups is 1. The molecule has 0 radical (unpaired) electrons. The van der Waals surface area contributed by atoms with E-state index in [0.29, 0.717) is 17.8 Å². The highest BCUT2D eigenvalue weighted by molar-refractivity contribution is 5.85. The summed E-state index contributed by atoms with van der Waals surface area (Å²) in [6, 6.07) is 4.60. The fourth-order valence-corrected chi connectivity index (χ4v) is 3.08. The van der Waals surface area contributed by atoms with Crippen LogP contribution < -0.4 is 11.1 Å². The Labute approximate surface area is 131 Å². The molecule has 0 aliphatic heterocycles. The van der Waals surface area contributed by atoms with Crippen molar-refractivity contribution in [3.8, 4) is 0 Å². The maximum Gasteiger partial charge on any atom is 0.412 e. The van der Waals surface area contributed by atoms with Gasteiger partial charge in [-0.25, -0.2) is 9.18 Å². The number of hydrogen-bond acceptors (Lipinski definition) is 3. The summed E-state index contributed by atoms with van der Waals surface area (Å²) in [7, 11) is 0. The molecule has 22 heavy (non-hydrogen) atoms. The molecule has 1 aliphatic carbocycles. The number of nitrogens with one attached hydrogen (secondary N) is 1. The Morgan fingerprint density at radius 3 is 2.55 bits per heavy atom. The summed E-state index contributed by atoms with van der Waals surface area (Å²) in [6.07, 6.45) is -0.546. The molecule has 1 aromatic rings. The van der Waals surface area contributed by atoms with Gasteiger partial charge in [0.2, 0.25) is 0 Å². The molecule has 0 unspecified atom stereocenters. The summed E-state index contributed by atoms with van der Waals surface area (Å²) in [5.41, 5.74) is 6.31. The second kappa shape index (κ2) is 5.54. The van der Waals surface area contributed by atoms with Crippen LogP contribution in [-0.2, 0) is 4.74 Å². The summed E-state index contributed by atoms with van der Waals surface area (Å²) < 4.78 is 19.3. The van der Waals surface area contributed by atoms with Gasteiger partial charge in [0, 0.05) is 5.69 Å². The van der Waals surface area contributed by atoms with E-state index in [1.54, 1.807) is 26.8 Å². The van der Waals surface area contributed by atoms with Crippen molar-refractivity contribution in [3.05, 3.63) is 29.6 Å². The molecule has 0 aromatic heterocycles. The first-order valence-corrected chi connectivity index (χ1v) is 7.56. The predicted molar refractivity (Wildman–Crippen MR) is 85.3 cm³/mol. The lowest BCUT2D eigenvalue weighted by atomic mass is 10.0. The molecule has 4 nitrogen and oxygen atoms in total. The number of hydrogen-bond donors (Lipinski definition) is 2. The van der Waals surface area contributed by atoms with Crippen LogP contribution in [0.1, 0.15) is 46.1 Å². The molecule has 0 heterocycles. The van der Waals surface area contributed by atoms with E-state index in [9.17, 15) is 9.18 Å². The van der Waals surface area contributed by atoms with Crippen LogP contribution in [0.4, 0.5) is 14.9 Å². The van der Waals surface area contributed by atoms with Gasteiger partial charge in [0.15, 0.2) is 0 Å². The minimum absolute atomic E-state index is 0.0138. The van der Waals surface area contributed by atoms with Crippen molar-refractivity contribution >= 4 is 11.8 Å². The minimum Gasteiger partial charge on any atom is -0.444 e. The van der Waals surface area contributed by atoms with Crippen molar-refractivity contribution in [2.75, 3.05) is 11.9 Å². The largest absolute Gasteiger partial charge is 0.444 e. The van der Waals surface area contributed by atoms with Gasteiger partial charge in [-0.1, -0.05) is 13.8 Å². The number of benzene rings is 1. The third-order valence-corrected chi connectivity index (χ3v) is 4.28. The van der Waals surface area contributed by atoms with E-state index in [0.717, 1.165) is 0 Å². The Bertz CT molecular complexity index is 579. The Balaban J connectivity index is 2.17. The topological polar surface area (TPSA) is 64.3 Å². The molecule has 2 rings (SSSR count). The number of ether oxygens (including phenoxy) is 1. The highest BCUT2D eigenvalue weighted by Gasteiger charge is 2.58. The van der Waals surface area contributed by atoms with E-state index in [1.165, 1.54) is 12.1 Å². The number of carbonyl (C=O) groups excluding carboxylic acids is 1. The van der Waals surface area contributed by atoms with Gasteiger partial charge in [0.25, 0.3) is 0 Å². The lowest BCUT2D eigenvalue weighted by molar-refractivity contribution is 0.0636. The smallest absolute Gasteiger partial charge is 0.412 e. The maximum absolute atomic E-state index is 14.1. The van der Waals surface area contributed by atoms with Crippen LogP contribution in [-0.4, -0.2) is 18.2 Å². The lowest BCUT2D eigenvalue weighted by Crippen LogP contribution is -2.27. The third-order valence-electron chi connectivity index (χ3n) is 4.28. The van der Waals surface area contributed by atoms with Crippen molar-refractivity contribution in [1.29, 1.82) is 0 Å². The molecule has 1 aliphatic rings. The minimum atomic E-state index is -0.573. The Morgan fingerprint density at radius 2 is 2.05 bits per heavy atom. The first-order chi connectivity index (χ1) is 10.1. The van der Waals surface area contributed by atoms with Crippen molar-refractivity contribution in [2.24, 2.45) is 17.1 Å². The maximum atomic E-state index is 14.1. The molecular formula is C17H25FN2O2. The van der Waals surface area contributed by atoms with Gasteiger partial charge in [-0.2, -0.15) is 0 Å². The number of rotatable bonds is 3. The highest BCUT2D eigenvalue weighted by Crippen LogP contribution is 2.64. The Kier molecular flexibility index (Phi) is 4.22. The molecule has 1 fully saturated rings. The van der Waals surface area contributed by atoms with Crippen LogP contribution in [0.2, 0.25) is 0 Å². The van der Waals surface area contributed by atoms with E-state index in [-0.39, 0.29) is 23.1 Å². The number of anilines is 1. The zero-order valence-electron chi connectivity index (χ0n) is 13.9. The first kappa shape index (κ1) is 16.7. The first-order valence-electron chi connectivity index (χ1n) is 7.56. The summed E-state index contributed by atoms with van der Waals surface area (Å²) in [4.78, 5) is 11.8. The summed E-state index contributed by atoms with van der Waals surface area (Å²) in [6.45, 7) is 10.1. The van der Waals surface area contributed by atoms with Crippen LogP contribution >= 0.6 is 0 Å². The van der Waals surface area contributed by atoms with Gasteiger partial charge in [0.1, 0.15) is 11.4 Å². The van der Waals surface area contributed by atoms with Crippen molar-refractivity contribution in [1.82, 2.24) is 0 Å². The predicted octanol–water partition coefficient (Wildman–Crippen LogP) is 3.87. The molecular weight excluding hydrogens is 283 g/mol. The standard InChI is InChI=1S/C17H25FN2O2/c1-16(2,3)22-15(21)20-10-6-7-13(18)11(8-10)14-12(9-19)17(14,4)5/h6-8,12,14H,9,19H2,1-5H3,(H,20,21)/t12-,14-/m0/s1. The third kappa shape index (κ3) is 3.40. The van der Waals surface area contributed by atoms with E-state index in [2.05, 4.69) is 19.2 Å². The van der Waals surface area contributed by atoms with Gasteiger partial charge >= 0.3 is 6.09 Å². The molecule has 3 N–H and O–H groups in total. The van der Waals surface area contributed by atoms with E-state index >= 15 is 0 Å². The normalized spacial score (nSPS) is 23.0. The number of amides is 1. The van der Waals surface area contributed by atoms with Crippen molar-refractivity contribution in [2.45, 2.75) is 46.1 Å². The average Bonchev–Trinajstić information content (AvgIpc) is 2.91. The Morgan fingerprint density at radius 1 is 1.41 bits per heavy atom. The fourth-order valence-electron chi connectivity index (χ4n) is 3.08.